The number of hydrogen-bond donors (Lipinski definition) is 1. The maximum absolute atomic E-state index is 12.3. The zero-order valence-corrected chi connectivity index (χ0v) is 13.9. The fraction of sp³-hybridized carbons (Fsp3) is 0.533. The summed E-state index contributed by atoms with van der Waals surface area (Å²) < 4.78 is 31.2. The maximum atomic E-state index is 12.3. The Morgan fingerprint density at radius 3 is 2.45 bits per heavy atom. The molecule has 2 rings (SSSR count). The summed E-state index contributed by atoms with van der Waals surface area (Å²) >= 11 is 0. The van der Waals surface area contributed by atoms with Gasteiger partial charge in [0.25, 0.3) is 0 Å². The van der Waals surface area contributed by atoms with Crippen molar-refractivity contribution in [3.05, 3.63) is 24.3 Å². The normalized spacial score (nSPS) is 18.9. The van der Waals surface area contributed by atoms with E-state index in [2.05, 4.69) is 5.32 Å². The Balaban J connectivity index is 2.08. The smallest absolute Gasteiger partial charge is 0.243 e. The Morgan fingerprint density at radius 2 is 1.95 bits per heavy atom. The summed E-state index contributed by atoms with van der Waals surface area (Å²) in [7, 11) is -1.95. The number of rotatable bonds is 5. The van der Waals surface area contributed by atoms with Crippen molar-refractivity contribution in [1.82, 2.24) is 4.31 Å². The molecule has 1 aliphatic heterocycles. The zero-order chi connectivity index (χ0) is 16.3. The molecule has 0 aromatic heterocycles. The van der Waals surface area contributed by atoms with Crippen LogP contribution in [0.15, 0.2) is 29.2 Å². The second-order valence-corrected chi connectivity index (χ2v) is 7.69. The lowest BCUT2D eigenvalue weighted by Gasteiger charge is -2.21. The summed E-state index contributed by atoms with van der Waals surface area (Å²) in [5.74, 6) is -0.220. The van der Waals surface area contributed by atoms with Gasteiger partial charge in [-0.05, 0) is 44.5 Å². The quantitative estimate of drug-likeness (QED) is 0.893. The first-order valence-corrected chi connectivity index (χ1v) is 8.73. The van der Waals surface area contributed by atoms with Crippen LogP contribution in [0.1, 0.15) is 20.3 Å². The van der Waals surface area contributed by atoms with Crippen molar-refractivity contribution in [2.45, 2.75) is 31.2 Å². The number of anilines is 1. The largest absolute Gasteiger partial charge is 0.381 e. The van der Waals surface area contributed by atoms with Crippen LogP contribution < -0.4 is 5.32 Å². The van der Waals surface area contributed by atoms with Gasteiger partial charge >= 0.3 is 0 Å². The van der Waals surface area contributed by atoms with Gasteiger partial charge in [-0.25, -0.2) is 8.42 Å². The van der Waals surface area contributed by atoms with Crippen LogP contribution in [0.5, 0.6) is 0 Å². The molecule has 1 amide bonds. The van der Waals surface area contributed by atoms with Crippen molar-refractivity contribution in [2.75, 3.05) is 25.6 Å². The van der Waals surface area contributed by atoms with E-state index < -0.39 is 10.0 Å². The van der Waals surface area contributed by atoms with E-state index in [1.807, 2.05) is 13.8 Å². The molecule has 22 heavy (non-hydrogen) atoms. The second-order valence-electron chi connectivity index (χ2n) is 5.69. The Labute approximate surface area is 131 Å². The van der Waals surface area contributed by atoms with Gasteiger partial charge in [0.05, 0.1) is 17.4 Å². The van der Waals surface area contributed by atoms with E-state index in [1.54, 1.807) is 19.2 Å². The standard InChI is InChI=1S/C15H22N2O4S/c1-11(2)17(3)22(19,20)14-6-4-13(5-7-14)16-15(18)12-8-9-21-10-12/h4-7,11-12H,8-10H2,1-3H3,(H,16,18). The minimum Gasteiger partial charge on any atom is -0.381 e. The van der Waals surface area contributed by atoms with Crippen LogP contribution in [-0.2, 0) is 19.6 Å². The lowest BCUT2D eigenvalue weighted by atomic mass is 10.1. The summed E-state index contributed by atoms with van der Waals surface area (Å²) in [6.07, 6.45) is 0.720. The average Bonchev–Trinajstić information content (AvgIpc) is 3.01. The van der Waals surface area contributed by atoms with Crippen LogP contribution in [0.2, 0.25) is 0 Å². The fourth-order valence-electron chi connectivity index (χ4n) is 2.14. The molecule has 1 aromatic rings. The highest BCUT2D eigenvalue weighted by Crippen LogP contribution is 2.20. The van der Waals surface area contributed by atoms with E-state index in [0.717, 1.165) is 6.42 Å². The molecule has 1 aromatic carbocycles. The van der Waals surface area contributed by atoms with E-state index in [-0.39, 0.29) is 22.8 Å². The summed E-state index contributed by atoms with van der Waals surface area (Å²) in [4.78, 5) is 12.2. The molecule has 1 heterocycles. The van der Waals surface area contributed by atoms with E-state index >= 15 is 0 Å². The summed E-state index contributed by atoms with van der Waals surface area (Å²) in [6.45, 7) is 4.68. The van der Waals surface area contributed by atoms with E-state index in [1.165, 1.54) is 16.4 Å². The van der Waals surface area contributed by atoms with Gasteiger partial charge in [-0.1, -0.05) is 0 Å². The molecule has 1 N–H and O–H groups in total. The van der Waals surface area contributed by atoms with Crippen molar-refractivity contribution in [3.8, 4) is 0 Å². The third-order valence-corrected chi connectivity index (χ3v) is 5.87. The van der Waals surface area contributed by atoms with Gasteiger partial charge in [-0.15, -0.1) is 0 Å². The Hall–Kier alpha value is -1.44. The molecule has 1 fully saturated rings. The van der Waals surface area contributed by atoms with Gasteiger partial charge < -0.3 is 10.1 Å². The highest BCUT2D eigenvalue weighted by molar-refractivity contribution is 7.89. The molecule has 7 heteroatoms. The Morgan fingerprint density at radius 1 is 1.32 bits per heavy atom. The maximum Gasteiger partial charge on any atom is 0.243 e. The van der Waals surface area contributed by atoms with Crippen LogP contribution in [0.3, 0.4) is 0 Å². The van der Waals surface area contributed by atoms with Crippen molar-refractivity contribution < 1.29 is 17.9 Å². The molecule has 1 saturated heterocycles. The first kappa shape index (κ1) is 16.9. The van der Waals surface area contributed by atoms with Gasteiger partial charge in [0.15, 0.2) is 0 Å². The molecule has 1 aliphatic rings. The van der Waals surface area contributed by atoms with E-state index in [9.17, 15) is 13.2 Å². The molecule has 122 valence electrons. The monoisotopic (exact) mass is 326 g/mol. The number of sulfonamides is 1. The fourth-order valence-corrected chi connectivity index (χ4v) is 3.51. The summed E-state index contributed by atoms with van der Waals surface area (Å²) in [6, 6.07) is 6.11. The lowest BCUT2D eigenvalue weighted by Crippen LogP contribution is -2.33. The number of carbonyl (C=O) groups excluding carboxylic acids is 1. The molecule has 1 atom stereocenters. The van der Waals surface area contributed by atoms with Crippen LogP contribution in [0.25, 0.3) is 0 Å². The van der Waals surface area contributed by atoms with Gasteiger partial charge in [0.2, 0.25) is 15.9 Å². The first-order valence-electron chi connectivity index (χ1n) is 7.29. The predicted octanol–water partition coefficient (Wildman–Crippen LogP) is 1.69. The van der Waals surface area contributed by atoms with Crippen LogP contribution in [-0.4, -0.2) is 44.9 Å². The molecular formula is C15H22N2O4S. The highest BCUT2D eigenvalue weighted by Gasteiger charge is 2.25. The van der Waals surface area contributed by atoms with Crippen LogP contribution >= 0.6 is 0 Å². The zero-order valence-electron chi connectivity index (χ0n) is 13.1. The highest BCUT2D eigenvalue weighted by atomic mass is 32.2. The predicted molar refractivity (Wildman–Crippen MR) is 84.1 cm³/mol. The van der Waals surface area contributed by atoms with Crippen molar-refractivity contribution in [1.29, 1.82) is 0 Å². The summed E-state index contributed by atoms with van der Waals surface area (Å²) in [5.41, 5.74) is 0.586. The number of nitrogens with zero attached hydrogens (tertiary/aromatic N) is 1. The molecule has 0 saturated carbocycles. The van der Waals surface area contributed by atoms with E-state index in [4.69, 9.17) is 4.74 Å². The number of hydrogen-bond acceptors (Lipinski definition) is 4. The van der Waals surface area contributed by atoms with E-state index in [0.29, 0.717) is 18.9 Å². The minimum atomic E-state index is -3.50. The number of benzene rings is 1. The number of carbonyl (C=O) groups is 1. The molecule has 0 bridgehead atoms. The van der Waals surface area contributed by atoms with Gasteiger partial charge in [0, 0.05) is 25.4 Å². The van der Waals surface area contributed by atoms with Crippen molar-refractivity contribution >= 4 is 21.6 Å². The third-order valence-electron chi connectivity index (χ3n) is 3.83. The topological polar surface area (TPSA) is 75.7 Å². The Bertz CT molecular complexity index is 619. The number of amides is 1. The average molecular weight is 326 g/mol. The first-order chi connectivity index (χ1) is 10.3. The third kappa shape index (κ3) is 3.66. The molecule has 0 spiro atoms. The minimum absolute atomic E-state index is 0.0904. The molecular weight excluding hydrogens is 304 g/mol. The lowest BCUT2D eigenvalue weighted by molar-refractivity contribution is -0.119. The van der Waals surface area contributed by atoms with Gasteiger partial charge in [0.1, 0.15) is 0 Å². The number of ether oxygens (including phenoxy) is 1. The van der Waals surface area contributed by atoms with Crippen LogP contribution in [0, 0.1) is 5.92 Å². The summed E-state index contributed by atoms with van der Waals surface area (Å²) in [5, 5.41) is 2.79. The molecule has 0 aliphatic carbocycles. The molecule has 6 nitrogen and oxygen atoms in total. The van der Waals surface area contributed by atoms with Crippen LogP contribution in [0.4, 0.5) is 5.69 Å². The molecule has 1 unspecified atom stereocenters. The Kier molecular flexibility index (Phi) is 5.20. The van der Waals surface area contributed by atoms with Gasteiger partial charge in [-0.3, -0.25) is 4.79 Å². The van der Waals surface area contributed by atoms with Crippen molar-refractivity contribution in [2.24, 2.45) is 5.92 Å². The molecule has 0 radical (unpaired) electrons. The second kappa shape index (κ2) is 6.76. The van der Waals surface area contributed by atoms with Gasteiger partial charge in [-0.2, -0.15) is 4.31 Å². The van der Waals surface area contributed by atoms with Crippen molar-refractivity contribution in [3.63, 3.8) is 0 Å². The number of nitrogens with one attached hydrogen (secondary N) is 1. The SMILES string of the molecule is CC(C)N(C)S(=O)(=O)c1ccc(NC(=O)C2CCOC2)cc1.